The van der Waals surface area contributed by atoms with Crippen molar-refractivity contribution in [3.8, 4) is 0 Å². The van der Waals surface area contributed by atoms with Crippen LogP contribution in [0.5, 0.6) is 0 Å². The normalized spacial score (nSPS) is 10.5. The fourth-order valence-corrected chi connectivity index (χ4v) is 1.62. The minimum Gasteiger partial charge on any atom is -0.383 e. The van der Waals surface area contributed by atoms with E-state index in [1.165, 1.54) is 5.56 Å². The van der Waals surface area contributed by atoms with Crippen LogP contribution in [0.4, 0.5) is 0 Å². The number of halogens is 1. The van der Waals surface area contributed by atoms with E-state index in [-0.39, 0.29) is 0 Å². The Balaban J connectivity index is 2.10. The number of rotatable bonds is 7. The van der Waals surface area contributed by atoms with Crippen LogP contribution in [0.25, 0.3) is 0 Å². The van der Waals surface area contributed by atoms with Gasteiger partial charge in [-0.05, 0) is 37.1 Å². The molecule has 1 aromatic rings. The zero-order valence-corrected chi connectivity index (χ0v) is 9.89. The van der Waals surface area contributed by atoms with Crippen LogP contribution in [0.3, 0.4) is 0 Å². The maximum Gasteiger partial charge on any atom is 0.0587 e. The van der Waals surface area contributed by atoms with Gasteiger partial charge in [0.05, 0.1) is 6.61 Å². The summed E-state index contributed by atoms with van der Waals surface area (Å²) in [5.74, 6) is 0. The van der Waals surface area contributed by atoms with Gasteiger partial charge in [0.15, 0.2) is 0 Å². The van der Waals surface area contributed by atoms with Crippen LogP contribution in [0.1, 0.15) is 12.0 Å². The molecule has 0 radical (unpaired) electrons. The van der Waals surface area contributed by atoms with Gasteiger partial charge in [-0.2, -0.15) is 0 Å². The van der Waals surface area contributed by atoms with Crippen molar-refractivity contribution >= 4 is 11.6 Å². The number of benzene rings is 1. The molecule has 3 heteroatoms. The van der Waals surface area contributed by atoms with E-state index in [2.05, 4.69) is 11.4 Å². The Morgan fingerprint density at radius 2 is 2.20 bits per heavy atom. The monoisotopic (exact) mass is 227 g/mol. The molecule has 84 valence electrons. The Morgan fingerprint density at radius 1 is 1.33 bits per heavy atom. The molecule has 0 fully saturated rings. The minimum absolute atomic E-state index is 0.775. The van der Waals surface area contributed by atoms with Gasteiger partial charge in [0.25, 0.3) is 0 Å². The van der Waals surface area contributed by atoms with Gasteiger partial charge in [-0.3, -0.25) is 0 Å². The molecule has 0 bridgehead atoms. The highest BCUT2D eigenvalue weighted by Gasteiger charge is 1.94. The average molecular weight is 228 g/mol. The van der Waals surface area contributed by atoms with Crippen molar-refractivity contribution in [3.05, 3.63) is 34.9 Å². The van der Waals surface area contributed by atoms with E-state index < -0.39 is 0 Å². The molecule has 2 nitrogen and oxygen atoms in total. The molecule has 0 heterocycles. The third-order valence-corrected chi connectivity index (χ3v) is 2.43. The molecule has 0 aromatic heterocycles. The maximum atomic E-state index is 5.89. The van der Waals surface area contributed by atoms with E-state index in [0.29, 0.717) is 0 Å². The van der Waals surface area contributed by atoms with Crippen molar-refractivity contribution in [3.63, 3.8) is 0 Å². The molecular formula is C12H18ClNO. The Hall–Kier alpha value is -0.570. The molecule has 0 aliphatic rings. The molecule has 0 aliphatic carbocycles. The fourth-order valence-electron chi connectivity index (χ4n) is 1.41. The first-order valence-corrected chi connectivity index (χ1v) is 5.65. The minimum atomic E-state index is 0.775. The van der Waals surface area contributed by atoms with Crippen LogP contribution in [-0.4, -0.2) is 26.8 Å². The summed E-state index contributed by atoms with van der Waals surface area (Å²) in [5, 5.41) is 4.13. The molecule has 0 spiro atoms. The SMILES string of the molecule is COCCNCCCc1cccc(Cl)c1. The Bertz CT molecular complexity index is 278. The van der Waals surface area contributed by atoms with Gasteiger partial charge in [0, 0.05) is 18.7 Å². The molecule has 0 saturated heterocycles. The zero-order valence-electron chi connectivity index (χ0n) is 9.13. The van der Waals surface area contributed by atoms with E-state index >= 15 is 0 Å². The summed E-state index contributed by atoms with van der Waals surface area (Å²) in [6.07, 6.45) is 2.20. The zero-order chi connectivity index (χ0) is 10.9. The van der Waals surface area contributed by atoms with E-state index in [1.54, 1.807) is 7.11 Å². The van der Waals surface area contributed by atoms with Crippen molar-refractivity contribution in [1.29, 1.82) is 0 Å². The van der Waals surface area contributed by atoms with E-state index in [1.807, 2.05) is 18.2 Å². The summed E-state index contributed by atoms with van der Waals surface area (Å²) in [4.78, 5) is 0. The molecular weight excluding hydrogens is 210 g/mol. The maximum absolute atomic E-state index is 5.89. The average Bonchev–Trinajstić information content (AvgIpc) is 2.23. The van der Waals surface area contributed by atoms with Gasteiger partial charge in [-0.15, -0.1) is 0 Å². The molecule has 0 atom stereocenters. The molecule has 15 heavy (non-hydrogen) atoms. The first-order valence-electron chi connectivity index (χ1n) is 5.27. The number of methoxy groups -OCH3 is 1. The first kappa shape index (κ1) is 12.5. The second-order valence-corrected chi connectivity index (χ2v) is 3.91. The lowest BCUT2D eigenvalue weighted by Crippen LogP contribution is -2.20. The van der Waals surface area contributed by atoms with Crippen molar-refractivity contribution in [2.45, 2.75) is 12.8 Å². The summed E-state index contributed by atoms with van der Waals surface area (Å²) in [5.41, 5.74) is 1.30. The van der Waals surface area contributed by atoms with E-state index in [4.69, 9.17) is 16.3 Å². The number of nitrogens with one attached hydrogen (secondary N) is 1. The number of hydrogen-bond donors (Lipinski definition) is 1. The lowest BCUT2D eigenvalue weighted by atomic mass is 10.1. The predicted molar refractivity (Wildman–Crippen MR) is 64.5 cm³/mol. The molecule has 1 aromatic carbocycles. The summed E-state index contributed by atoms with van der Waals surface area (Å²) < 4.78 is 4.94. The molecule has 0 unspecified atom stereocenters. The second-order valence-electron chi connectivity index (χ2n) is 3.48. The fraction of sp³-hybridized carbons (Fsp3) is 0.500. The van der Waals surface area contributed by atoms with Gasteiger partial charge in [0.1, 0.15) is 0 Å². The largest absolute Gasteiger partial charge is 0.383 e. The third-order valence-electron chi connectivity index (χ3n) is 2.19. The smallest absolute Gasteiger partial charge is 0.0587 e. The summed E-state index contributed by atoms with van der Waals surface area (Å²) in [6, 6.07) is 8.04. The van der Waals surface area contributed by atoms with Crippen molar-refractivity contribution in [2.75, 3.05) is 26.8 Å². The Morgan fingerprint density at radius 3 is 2.93 bits per heavy atom. The van der Waals surface area contributed by atoms with Crippen LogP contribution >= 0.6 is 11.6 Å². The standard InChI is InChI=1S/C12H18ClNO/c1-15-9-8-14-7-3-5-11-4-2-6-12(13)10-11/h2,4,6,10,14H,3,5,7-9H2,1H3. The molecule has 0 amide bonds. The highest BCUT2D eigenvalue weighted by molar-refractivity contribution is 6.30. The highest BCUT2D eigenvalue weighted by atomic mass is 35.5. The van der Waals surface area contributed by atoms with Crippen molar-refractivity contribution < 1.29 is 4.74 Å². The van der Waals surface area contributed by atoms with Gasteiger partial charge in [0.2, 0.25) is 0 Å². The van der Waals surface area contributed by atoms with Crippen molar-refractivity contribution in [2.24, 2.45) is 0 Å². The number of ether oxygens (including phenoxy) is 1. The lowest BCUT2D eigenvalue weighted by Gasteiger charge is -2.04. The second kappa shape index (κ2) is 7.69. The summed E-state index contributed by atoms with van der Waals surface area (Å²) >= 11 is 5.89. The third kappa shape index (κ3) is 5.78. The van der Waals surface area contributed by atoms with E-state index in [9.17, 15) is 0 Å². The molecule has 0 aliphatic heterocycles. The van der Waals surface area contributed by atoms with Gasteiger partial charge in [-0.1, -0.05) is 23.7 Å². The van der Waals surface area contributed by atoms with Crippen LogP contribution in [0, 0.1) is 0 Å². The summed E-state index contributed by atoms with van der Waals surface area (Å²) in [7, 11) is 1.72. The summed E-state index contributed by atoms with van der Waals surface area (Å²) in [6.45, 7) is 2.72. The molecule has 0 saturated carbocycles. The van der Waals surface area contributed by atoms with Crippen LogP contribution in [-0.2, 0) is 11.2 Å². The topological polar surface area (TPSA) is 21.3 Å². The molecule has 1 N–H and O–H groups in total. The number of hydrogen-bond acceptors (Lipinski definition) is 2. The van der Waals surface area contributed by atoms with E-state index in [0.717, 1.165) is 37.6 Å². The quantitative estimate of drug-likeness (QED) is 0.723. The van der Waals surface area contributed by atoms with Gasteiger partial charge < -0.3 is 10.1 Å². The molecule has 1 rings (SSSR count). The lowest BCUT2D eigenvalue weighted by molar-refractivity contribution is 0.199. The number of aryl methyl sites for hydroxylation is 1. The Kier molecular flexibility index (Phi) is 6.41. The first-order chi connectivity index (χ1) is 7.33. The van der Waals surface area contributed by atoms with Gasteiger partial charge in [-0.25, -0.2) is 0 Å². The van der Waals surface area contributed by atoms with Crippen LogP contribution in [0.2, 0.25) is 5.02 Å². The van der Waals surface area contributed by atoms with Gasteiger partial charge >= 0.3 is 0 Å². The predicted octanol–water partition coefficient (Wildman–Crippen LogP) is 2.51. The van der Waals surface area contributed by atoms with Crippen LogP contribution in [0.15, 0.2) is 24.3 Å². The highest BCUT2D eigenvalue weighted by Crippen LogP contribution is 2.11. The Labute approximate surface area is 96.6 Å². The van der Waals surface area contributed by atoms with Crippen molar-refractivity contribution in [1.82, 2.24) is 5.32 Å². The van der Waals surface area contributed by atoms with Crippen LogP contribution < -0.4 is 5.32 Å².